The summed E-state index contributed by atoms with van der Waals surface area (Å²) < 4.78 is 37.4. The number of nitrogens with zero attached hydrogens (tertiary/aromatic N) is 1. The molecule has 0 aromatic heterocycles. The van der Waals surface area contributed by atoms with E-state index in [0.29, 0.717) is 11.3 Å². The number of aliphatic carboxylic acids is 1. The molecule has 1 N–H and O–H groups in total. The molecule has 2 rings (SSSR count). The molecule has 0 spiro atoms. The number of fused-ring (bicyclic) bond motifs is 1. The van der Waals surface area contributed by atoms with Gasteiger partial charge < -0.3 is 10.0 Å². The number of benzene rings is 1. The number of carboxylic acid groups (broad SMARTS) is 1. The number of hydrogen-bond acceptors (Lipinski definition) is 3. The Kier molecular flexibility index (Phi) is 4.46. The zero-order chi connectivity index (χ0) is 15.6. The summed E-state index contributed by atoms with van der Waals surface area (Å²) in [5, 5.41) is 7.97. The minimum atomic E-state index is -4.62. The van der Waals surface area contributed by atoms with Crippen LogP contribution >= 0.6 is 11.8 Å². The first kappa shape index (κ1) is 15.7. The van der Waals surface area contributed by atoms with Crippen LogP contribution in [-0.4, -0.2) is 46.4 Å². The number of carbonyl (C=O) groups is 2. The number of amides is 1. The Balaban J connectivity index is 2.11. The maximum Gasteiger partial charge on any atom is 0.406 e. The summed E-state index contributed by atoms with van der Waals surface area (Å²) in [5.41, 5.74) is 0.892. The lowest BCUT2D eigenvalue weighted by molar-refractivity contribution is -0.165. The second-order valence-corrected chi connectivity index (χ2v) is 5.87. The fraction of sp³-hybridized carbons (Fsp3) is 0.385. The van der Waals surface area contributed by atoms with Gasteiger partial charge in [-0.15, -0.1) is 11.8 Å². The van der Waals surface area contributed by atoms with Gasteiger partial charge in [-0.25, -0.2) is 0 Å². The standard InChI is InChI=1S/C13H12F3NO3S/c14-13(15,16)7-17(6-11(18)19)12(20)10-5-8-3-1-2-4-9(8)21-10/h1-4,10H,5-7H2,(H,18,19). The molecule has 1 aliphatic rings. The molecule has 8 heteroatoms. The molecule has 1 heterocycles. The number of carboxylic acids is 1. The first-order valence-corrected chi connectivity index (χ1v) is 6.96. The first-order valence-electron chi connectivity index (χ1n) is 6.08. The minimum Gasteiger partial charge on any atom is -0.480 e. The van der Waals surface area contributed by atoms with Gasteiger partial charge in [0.15, 0.2) is 0 Å². The predicted octanol–water partition coefficient (Wildman–Crippen LogP) is 2.18. The average Bonchev–Trinajstić information content (AvgIpc) is 2.78. The van der Waals surface area contributed by atoms with Gasteiger partial charge in [0.2, 0.25) is 5.91 Å². The number of alkyl halides is 3. The number of rotatable bonds is 4. The first-order chi connectivity index (χ1) is 9.76. The molecule has 0 aliphatic carbocycles. The number of thioether (sulfide) groups is 1. The number of halogens is 3. The third kappa shape index (κ3) is 4.13. The monoisotopic (exact) mass is 319 g/mol. The highest BCUT2D eigenvalue weighted by Gasteiger charge is 2.38. The summed E-state index contributed by atoms with van der Waals surface area (Å²) in [6.07, 6.45) is -4.31. The Morgan fingerprint density at radius 2 is 2.00 bits per heavy atom. The van der Waals surface area contributed by atoms with Crippen LogP contribution in [0.1, 0.15) is 5.56 Å². The van der Waals surface area contributed by atoms with Crippen molar-refractivity contribution in [1.82, 2.24) is 4.90 Å². The Labute approximate surface area is 122 Å². The van der Waals surface area contributed by atoms with Gasteiger partial charge in [0, 0.05) is 4.90 Å². The third-order valence-corrected chi connectivity index (χ3v) is 4.24. The fourth-order valence-electron chi connectivity index (χ4n) is 2.11. The van der Waals surface area contributed by atoms with E-state index < -0.39 is 36.4 Å². The van der Waals surface area contributed by atoms with E-state index in [1.54, 1.807) is 24.3 Å². The molecule has 0 fully saturated rings. The second kappa shape index (κ2) is 5.97. The van der Waals surface area contributed by atoms with E-state index in [-0.39, 0.29) is 0 Å². The normalized spacial score (nSPS) is 17.4. The molecule has 21 heavy (non-hydrogen) atoms. The topological polar surface area (TPSA) is 57.6 Å². The molecular formula is C13H12F3NO3S. The summed E-state index contributed by atoms with van der Waals surface area (Å²) in [6, 6.07) is 7.17. The lowest BCUT2D eigenvalue weighted by Crippen LogP contribution is -2.45. The average molecular weight is 319 g/mol. The zero-order valence-electron chi connectivity index (χ0n) is 10.8. The van der Waals surface area contributed by atoms with Crippen LogP contribution in [0, 0.1) is 0 Å². The van der Waals surface area contributed by atoms with E-state index in [4.69, 9.17) is 5.11 Å². The summed E-state index contributed by atoms with van der Waals surface area (Å²) in [4.78, 5) is 24.0. The molecule has 1 amide bonds. The molecule has 0 bridgehead atoms. The zero-order valence-corrected chi connectivity index (χ0v) is 11.6. The van der Waals surface area contributed by atoms with Crippen LogP contribution in [-0.2, 0) is 16.0 Å². The lowest BCUT2D eigenvalue weighted by Gasteiger charge is -2.24. The second-order valence-electron chi connectivity index (χ2n) is 4.62. The molecule has 1 unspecified atom stereocenters. The Bertz CT molecular complexity index is 537. The van der Waals surface area contributed by atoms with E-state index in [1.165, 1.54) is 11.8 Å². The molecule has 1 aromatic rings. The van der Waals surface area contributed by atoms with E-state index in [2.05, 4.69) is 0 Å². The van der Waals surface area contributed by atoms with Crippen LogP contribution in [0.15, 0.2) is 29.2 Å². The third-order valence-electron chi connectivity index (χ3n) is 2.93. The number of hydrogen-bond donors (Lipinski definition) is 1. The number of carbonyl (C=O) groups excluding carboxylic acids is 1. The van der Waals surface area contributed by atoms with Gasteiger partial charge in [0.1, 0.15) is 13.1 Å². The summed E-state index contributed by atoms with van der Waals surface area (Å²) in [6.45, 7) is -2.50. The molecule has 1 aliphatic heterocycles. The van der Waals surface area contributed by atoms with E-state index in [0.717, 1.165) is 10.5 Å². The minimum absolute atomic E-state index is 0.313. The van der Waals surface area contributed by atoms with Crippen molar-refractivity contribution in [3.63, 3.8) is 0 Å². The fourth-order valence-corrected chi connectivity index (χ4v) is 3.39. The molecule has 114 valence electrons. The van der Waals surface area contributed by atoms with Crippen molar-refractivity contribution in [3.8, 4) is 0 Å². The predicted molar refractivity (Wildman–Crippen MR) is 70.1 cm³/mol. The molecule has 0 radical (unpaired) electrons. The van der Waals surface area contributed by atoms with Crippen LogP contribution in [0.5, 0.6) is 0 Å². The van der Waals surface area contributed by atoms with Gasteiger partial charge in [-0.05, 0) is 18.1 Å². The Morgan fingerprint density at radius 1 is 1.33 bits per heavy atom. The van der Waals surface area contributed by atoms with Crippen LogP contribution in [0.25, 0.3) is 0 Å². The van der Waals surface area contributed by atoms with Crippen molar-refractivity contribution >= 4 is 23.6 Å². The van der Waals surface area contributed by atoms with Crippen molar-refractivity contribution < 1.29 is 27.9 Å². The van der Waals surface area contributed by atoms with Gasteiger partial charge >= 0.3 is 12.1 Å². The molecule has 1 atom stereocenters. The van der Waals surface area contributed by atoms with Gasteiger partial charge in [-0.1, -0.05) is 18.2 Å². The molecular weight excluding hydrogens is 307 g/mol. The smallest absolute Gasteiger partial charge is 0.406 e. The van der Waals surface area contributed by atoms with Crippen molar-refractivity contribution in [2.75, 3.05) is 13.1 Å². The lowest BCUT2D eigenvalue weighted by atomic mass is 10.1. The van der Waals surface area contributed by atoms with Gasteiger partial charge in [-0.2, -0.15) is 13.2 Å². The van der Waals surface area contributed by atoms with Crippen LogP contribution in [0.4, 0.5) is 13.2 Å². The van der Waals surface area contributed by atoms with Gasteiger partial charge in [0.25, 0.3) is 0 Å². The van der Waals surface area contributed by atoms with Crippen LogP contribution in [0.2, 0.25) is 0 Å². The maximum atomic E-state index is 12.5. The maximum absolute atomic E-state index is 12.5. The highest BCUT2D eigenvalue weighted by atomic mass is 32.2. The highest BCUT2D eigenvalue weighted by Crippen LogP contribution is 2.37. The molecule has 0 saturated carbocycles. The molecule has 0 saturated heterocycles. The van der Waals surface area contributed by atoms with Crippen molar-refractivity contribution in [1.29, 1.82) is 0 Å². The quantitative estimate of drug-likeness (QED) is 0.924. The Hall–Kier alpha value is -1.70. The Morgan fingerprint density at radius 3 is 2.57 bits per heavy atom. The van der Waals surface area contributed by atoms with Crippen LogP contribution < -0.4 is 0 Å². The highest BCUT2D eigenvalue weighted by molar-refractivity contribution is 8.01. The van der Waals surface area contributed by atoms with Crippen molar-refractivity contribution in [2.45, 2.75) is 22.7 Å². The molecule has 4 nitrogen and oxygen atoms in total. The molecule has 1 aromatic carbocycles. The van der Waals surface area contributed by atoms with Gasteiger partial charge in [-0.3, -0.25) is 9.59 Å². The largest absolute Gasteiger partial charge is 0.480 e. The van der Waals surface area contributed by atoms with E-state index in [9.17, 15) is 22.8 Å². The van der Waals surface area contributed by atoms with Crippen LogP contribution in [0.3, 0.4) is 0 Å². The van der Waals surface area contributed by atoms with Crippen molar-refractivity contribution in [3.05, 3.63) is 29.8 Å². The SMILES string of the molecule is O=C(O)CN(CC(F)(F)F)C(=O)C1Cc2ccccc2S1. The summed E-state index contributed by atoms with van der Waals surface area (Å²) in [7, 11) is 0. The van der Waals surface area contributed by atoms with E-state index >= 15 is 0 Å². The van der Waals surface area contributed by atoms with Gasteiger partial charge in [0.05, 0.1) is 5.25 Å². The van der Waals surface area contributed by atoms with E-state index in [1.807, 2.05) is 0 Å². The summed E-state index contributed by atoms with van der Waals surface area (Å²) >= 11 is 1.17. The van der Waals surface area contributed by atoms with Crippen molar-refractivity contribution in [2.24, 2.45) is 0 Å². The summed E-state index contributed by atoms with van der Waals surface area (Å²) in [5.74, 6) is -2.26.